The van der Waals surface area contributed by atoms with Crippen LogP contribution in [0.15, 0.2) is 16.6 Å². The topological polar surface area (TPSA) is 69.6 Å². The number of carbonyl (C=O) groups is 2. The van der Waals surface area contributed by atoms with E-state index >= 15 is 0 Å². The molecule has 0 radical (unpaired) electrons. The Hall–Kier alpha value is -1.70. The molecule has 124 valence electrons. The zero-order valence-electron chi connectivity index (χ0n) is 12.1. The number of nitrogens with one attached hydrogen (secondary N) is 1. The summed E-state index contributed by atoms with van der Waals surface area (Å²) in [7, 11) is 0. The summed E-state index contributed by atoms with van der Waals surface area (Å²) in [5, 5.41) is 11.9. The third kappa shape index (κ3) is 2.69. The van der Waals surface area contributed by atoms with Gasteiger partial charge in [-0.3, -0.25) is 4.79 Å². The lowest BCUT2D eigenvalue weighted by Gasteiger charge is -2.23. The molecule has 0 aromatic heterocycles. The number of hydrogen-bond acceptors (Lipinski definition) is 2. The Morgan fingerprint density at radius 1 is 1.35 bits per heavy atom. The number of carboxylic acid groups (broad SMARTS) is 1. The average Bonchev–Trinajstić information content (AvgIpc) is 3.02. The van der Waals surface area contributed by atoms with Gasteiger partial charge in [-0.05, 0) is 46.8 Å². The number of amides is 2. The van der Waals surface area contributed by atoms with E-state index in [1.165, 1.54) is 4.90 Å². The van der Waals surface area contributed by atoms with E-state index in [2.05, 4.69) is 21.2 Å². The number of halogens is 3. The molecule has 1 saturated carbocycles. The number of fused-ring (bicyclic) bond motifs is 1. The van der Waals surface area contributed by atoms with Gasteiger partial charge < -0.3 is 15.3 Å². The van der Waals surface area contributed by atoms with Gasteiger partial charge in [-0.15, -0.1) is 0 Å². The quantitative estimate of drug-likeness (QED) is 0.762. The number of benzene rings is 1. The molecule has 1 aromatic carbocycles. The van der Waals surface area contributed by atoms with Crippen LogP contribution in [0.1, 0.15) is 19.3 Å². The maximum absolute atomic E-state index is 13.5. The number of anilines is 1. The maximum atomic E-state index is 13.5. The van der Waals surface area contributed by atoms with Gasteiger partial charge in [0.05, 0.1) is 9.89 Å². The molecule has 8 heteroatoms. The lowest BCUT2D eigenvalue weighted by Crippen LogP contribution is -2.38. The zero-order valence-corrected chi connectivity index (χ0v) is 13.7. The predicted molar refractivity (Wildman–Crippen MR) is 82.1 cm³/mol. The lowest BCUT2D eigenvalue weighted by molar-refractivity contribution is -0.149. The van der Waals surface area contributed by atoms with Crippen LogP contribution in [0.2, 0.25) is 0 Å². The lowest BCUT2D eigenvalue weighted by atomic mass is 9.81. The Bertz CT molecular complexity index is 662. The number of rotatable bonds is 2. The SMILES string of the molecule is O=C(Nc1cc(F)c(Br)c(F)c1)N1C[C@@H]2CCC[C@@]2(C(=O)O)C1. The number of carboxylic acids is 1. The van der Waals surface area contributed by atoms with Crippen LogP contribution >= 0.6 is 15.9 Å². The molecular weight excluding hydrogens is 374 g/mol. The summed E-state index contributed by atoms with van der Waals surface area (Å²) in [6, 6.07) is 1.48. The molecule has 2 amide bonds. The van der Waals surface area contributed by atoms with E-state index in [4.69, 9.17) is 0 Å². The second-order valence-electron chi connectivity index (χ2n) is 6.11. The zero-order chi connectivity index (χ0) is 16.8. The van der Waals surface area contributed by atoms with Crippen molar-refractivity contribution in [3.63, 3.8) is 0 Å². The molecule has 2 fully saturated rings. The Balaban J connectivity index is 1.74. The molecule has 1 aliphatic heterocycles. The third-order valence-corrected chi connectivity index (χ3v) is 5.58. The van der Waals surface area contributed by atoms with E-state index in [9.17, 15) is 23.5 Å². The van der Waals surface area contributed by atoms with E-state index in [0.717, 1.165) is 25.0 Å². The molecule has 1 aliphatic carbocycles. The number of carbonyl (C=O) groups excluding carboxylic acids is 1. The minimum Gasteiger partial charge on any atom is -0.481 e. The van der Waals surface area contributed by atoms with Gasteiger partial charge in [0.25, 0.3) is 0 Å². The molecule has 1 heterocycles. The molecule has 2 N–H and O–H groups in total. The van der Waals surface area contributed by atoms with Crippen molar-refractivity contribution in [3.8, 4) is 0 Å². The van der Waals surface area contributed by atoms with E-state index in [1.807, 2.05) is 0 Å². The normalized spacial score (nSPS) is 26.2. The van der Waals surface area contributed by atoms with Gasteiger partial charge in [0, 0.05) is 18.8 Å². The summed E-state index contributed by atoms with van der Waals surface area (Å²) in [5.74, 6) is -2.58. The fraction of sp³-hybridized carbons (Fsp3) is 0.467. The highest BCUT2D eigenvalue weighted by atomic mass is 79.9. The van der Waals surface area contributed by atoms with Gasteiger partial charge in [-0.2, -0.15) is 0 Å². The molecule has 2 aliphatic rings. The van der Waals surface area contributed by atoms with Gasteiger partial charge in [-0.25, -0.2) is 13.6 Å². The molecule has 0 bridgehead atoms. The van der Waals surface area contributed by atoms with Crippen molar-refractivity contribution in [1.29, 1.82) is 0 Å². The molecule has 23 heavy (non-hydrogen) atoms. The Morgan fingerprint density at radius 2 is 2.00 bits per heavy atom. The molecule has 1 aromatic rings. The summed E-state index contributed by atoms with van der Waals surface area (Å²) in [5.41, 5.74) is -0.886. The minimum atomic E-state index is -0.881. The smallest absolute Gasteiger partial charge is 0.321 e. The summed E-state index contributed by atoms with van der Waals surface area (Å²) < 4.78 is 26.7. The van der Waals surface area contributed by atoms with Crippen LogP contribution in [0.3, 0.4) is 0 Å². The number of hydrogen-bond donors (Lipinski definition) is 2. The standard InChI is InChI=1S/C15H15BrF2N2O3/c16-12-10(17)4-9(5-11(12)18)19-14(23)20-6-8-2-1-3-15(8,7-20)13(21)22/h4-5,8H,1-3,6-7H2,(H,19,23)(H,21,22)/t8-,15+/m0/s1. The first kappa shape index (κ1) is 16.2. The van der Waals surface area contributed by atoms with E-state index < -0.39 is 29.0 Å². The van der Waals surface area contributed by atoms with Crippen LogP contribution in [0, 0.1) is 23.0 Å². The van der Waals surface area contributed by atoms with E-state index in [0.29, 0.717) is 13.0 Å². The van der Waals surface area contributed by atoms with Crippen LogP contribution in [0.25, 0.3) is 0 Å². The second-order valence-corrected chi connectivity index (χ2v) is 6.91. The van der Waals surface area contributed by atoms with Crippen molar-refractivity contribution in [2.45, 2.75) is 19.3 Å². The van der Waals surface area contributed by atoms with Gasteiger partial charge in [0.15, 0.2) is 0 Å². The average molecular weight is 389 g/mol. The molecular formula is C15H15BrF2N2O3. The highest BCUT2D eigenvalue weighted by Gasteiger charge is 2.55. The predicted octanol–water partition coefficient (Wildman–Crippen LogP) is 3.45. The highest BCUT2D eigenvalue weighted by Crippen LogP contribution is 2.48. The van der Waals surface area contributed by atoms with Gasteiger partial charge in [0.2, 0.25) is 0 Å². The second kappa shape index (κ2) is 5.74. The van der Waals surface area contributed by atoms with Crippen molar-refractivity contribution in [1.82, 2.24) is 4.90 Å². The molecule has 1 saturated heterocycles. The maximum Gasteiger partial charge on any atom is 0.321 e. The first-order valence-electron chi connectivity index (χ1n) is 7.27. The fourth-order valence-electron chi connectivity index (χ4n) is 3.62. The van der Waals surface area contributed by atoms with E-state index in [1.54, 1.807) is 0 Å². The Labute approximate surface area is 139 Å². The molecule has 0 spiro atoms. The van der Waals surface area contributed by atoms with Crippen molar-refractivity contribution in [2.75, 3.05) is 18.4 Å². The van der Waals surface area contributed by atoms with Crippen molar-refractivity contribution >= 4 is 33.6 Å². The highest BCUT2D eigenvalue weighted by molar-refractivity contribution is 9.10. The number of urea groups is 1. The first-order valence-corrected chi connectivity index (χ1v) is 8.06. The third-order valence-electron chi connectivity index (χ3n) is 4.82. The largest absolute Gasteiger partial charge is 0.481 e. The van der Waals surface area contributed by atoms with Gasteiger partial charge in [-0.1, -0.05) is 6.42 Å². The van der Waals surface area contributed by atoms with Crippen molar-refractivity contribution < 1.29 is 23.5 Å². The van der Waals surface area contributed by atoms with Crippen molar-refractivity contribution in [2.24, 2.45) is 11.3 Å². The first-order chi connectivity index (χ1) is 10.8. The molecule has 3 rings (SSSR count). The number of nitrogens with zero attached hydrogens (tertiary/aromatic N) is 1. The summed E-state index contributed by atoms with van der Waals surface area (Å²) in [4.78, 5) is 25.3. The van der Waals surface area contributed by atoms with Crippen LogP contribution in [0.4, 0.5) is 19.3 Å². The summed E-state index contributed by atoms with van der Waals surface area (Å²) in [6.45, 7) is 0.472. The number of likely N-dealkylation sites (tertiary alicyclic amines) is 1. The molecule has 0 unspecified atom stereocenters. The summed E-state index contributed by atoms with van der Waals surface area (Å²) in [6.07, 6.45) is 2.17. The molecule has 5 nitrogen and oxygen atoms in total. The van der Waals surface area contributed by atoms with Gasteiger partial charge >= 0.3 is 12.0 Å². The monoisotopic (exact) mass is 388 g/mol. The number of aliphatic carboxylic acids is 1. The molecule has 2 atom stereocenters. The van der Waals surface area contributed by atoms with Gasteiger partial charge in [0.1, 0.15) is 11.6 Å². The minimum absolute atomic E-state index is 0.00497. The van der Waals surface area contributed by atoms with Crippen LogP contribution in [0.5, 0.6) is 0 Å². The summed E-state index contributed by atoms with van der Waals surface area (Å²) >= 11 is 2.76. The Kier molecular flexibility index (Phi) is 4.03. The van der Waals surface area contributed by atoms with E-state index in [-0.39, 0.29) is 22.6 Å². The van der Waals surface area contributed by atoms with Crippen LogP contribution < -0.4 is 5.32 Å². The van der Waals surface area contributed by atoms with Crippen LogP contribution in [-0.4, -0.2) is 35.1 Å². The van der Waals surface area contributed by atoms with Crippen molar-refractivity contribution in [3.05, 3.63) is 28.2 Å². The fourth-order valence-corrected chi connectivity index (χ4v) is 3.85. The Morgan fingerprint density at radius 3 is 2.57 bits per heavy atom. The van der Waals surface area contributed by atoms with Crippen LogP contribution in [-0.2, 0) is 4.79 Å².